The summed E-state index contributed by atoms with van der Waals surface area (Å²) in [5, 5.41) is 29.8. The van der Waals surface area contributed by atoms with Crippen LogP contribution in [0.15, 0.2) is 12.1 Å². The van der Waals surface area contributed by atoms with Crippen molar-refractivity contribution in [2.24, 2.45) is 5.41 Å². The predicted octanol–water partition coefficient (Wildman–Crippen LogP) is 5.37. The number of carbonyl (C=O) groups is 2. The van der Waals surface area contributed by atoms with Gasteiger partial charge in [-0.2, -0.15) is 0 Å². The molecule has 0 spiro atoms. The lowest BCUT2D eigenvalue weighted by atomic mass is 9.87. The first-order chi connectivity index (χ1) is 14.0. The lowest BCUT2D eigenvalue weighted by molar-refractivity contribution is -0.147. The van der Waals surface area contributed by atoms with Crippen LogP contribution >= 0.6 is 0 Å². The van der Waals surface area contributed by atoms with Crippen molar-refractivity contribution in [3.05, 3.63) is 23.3 Å². The van der Waals surface area contributed by atoms with Crippen LogP contribution in [0.25, 0.3) is 0 Å². The molecule has 0 atom stereocenters. The number of rotatable bonds is 15. The lowest BCUT2D eigenvalue weighted by Crippen LogP contribution is -2.23. The fourth-order valence-corrected chi connectivity index (χ4v) is 3.52. The van der Waals surface area contributed by atoms with Crippen molar-refractivity contribution >= 4 is 12.4 Å². The average molecular weight is 423 g/mol. The summed E-state index contributed by atoms with van der Waals surface area (Å²) >= 11 is 0. The Morgan fingerprint density at radius 3 is 1.87 bits per heavy atom. The first-order valence-electron chi connectivity index (χ1n) is 10.9. The third-order valence-corrected chi connectivity index (χ3v) is 5.67. The van der Waals surface area contributed by atoms with E-state index >= 15 is 0 Å². The molecule has 0 fully saturated rings. The molecule has 0 aliphatic rings. The fourth-order valence-electron chi connectivity index (χ4n) is 3.52. The molecule has 0 aliphatic carbocycles. The van der Waals surface area contributed by atoms with Gasteiger partial charge in [0.25, 0.3) is 6.47 Å². The van der Waals surface area contributed by atoms with Gasteiger partial charge in [0, 0.05) is 0 Å². The van der Waals surface area contributed by atoms with E-state index in [1.807, 2.05) is 13.8 Å². The first-order valence-corrected chi connectivity index (χ1v) is 10.9. The summed E-state index contributed by atoms with van der Waals surface area (Å²) in [5.74, 6) is -0.369. The van der Waals surface area contributed by atoms with Gasteiger partial charge in [-0.15, -0.1) is 0 Å². The van der Waals surface area contributed by atoms with E-state index in [-0.39, 0.29) is 11.5 Å². The number of ether oxygens (including phenoxy) is 1. The highest BCUT2D eigenvalue weighted by Gasteiger charge is 2.26. The van der Waals surface area contributed by atoms with E-state index in [0.29, 0.717) is 25.7 Å². The lowest BCUT2D eigenvalue weighted by Gasteiger charge is -2.22. The summed E-state index contributed by atoms with van der Waals surface area (Å²) in [7, 11) is 0. The maximum Gasteiger partial charge on any atom is 0.309 e. The van der Waals surface area contributed by atoms with E-state index in [1.165, 1.54) is 0 Å². The normalized spacial score (nSPS) is 12.0. The van der Waals surface area contributed by atoms with Crippen LogP contribution in [-0.4, -0.2) is 33.4 Å². The molecule has 170 valence electrons. The minimum absolute atomic E-state index is 0.158. The minimum Gasteiger partial charge on any atom is -0.508 e. The topological polar surface area (TPSA) is 104 Å². The zero-order chi connectivity index (χ0) is 22.8. The number of benzene rings is 1. The number of aliphatic carboxylic acids is 1. The van der Waals surface area contributed by atoms with E-state index in [9.17, 15) is 19.8 Å². The van der Waals surface area contributed by atoms with E-state index in [1.54, 1.807) is 26.0 Å². The van der Waals surface area contributed by atoms with Crippen LogP contribution in [0.4, 0.5) is 0 Å². The van der Waals surface area contributed by atoms with Crippen molar-refractivity contribution in [1.82, 2.24) is 0 Å². The number of carbonyl (C=O) groups excluding carboxylic acids is 1. The number of phenolic OH excluding ortho intramolecular Hbond substituents is 2. The number of unbranched alkanes of at least 4 members (excludes halogenated alkanes) is 4. The highest BCUT2D eigenvalue weighted by atomic mass is 16.5. The predicted molar refractivity (Wildman–Crippen MR) is 117 cm³/mol. The zero-order valence-corrected chi connectivity index (χ0v) is 18.9. The number of phenols is 2. The van der Waals surface area contributed by atoms with Gasteiger partial charge < -0.3 is 20.1 Å². The zero-order valence-electron chi connectivity index (χ0n) is 18.9. The quantitative estimate of drug-likeness (QED) is 0.199. The minimum atomic E-state index is -0.780. The van der Waals surface area contributed by atoms with Crippen molar-refractivity contribution in [3.8, 4) is 11.5 Å². The van der Waals surface area contributed by atoms with Crippen molar-refractivity contribution in [3.63, 3.8) is 0 Å². The Morgan fingerprint density at radius 1 is 0.900 bits per heavy atom. The molecule has 0 amide bonds. The highest BCUT2D eigenvalue weighted by molar-refractivity contribution is 5.73. The molecule has 3 N–H and O–H groups in total. The summed E-state index contributed by atoms with van der Waals surface area (Å²) in [6.07, 6.45) is 7.98. The number of aromatic hydroxyl groups is 2. The van der Waals surface area contributed by atoms with Gasteiger partial charge in [-0.3, -0.25) is 9.59 Å². The number of hydrogen-bond donors (Lipinski definition) is 3. The molecule has 1 rings (SSSR count). The van der Waals surface area contributed by atoms with Crippen molar-refractivity contribution in [2.45, 2.75) is 97.5 Å². The van der Waals surface area contributed by atoms with E-state index in [4.69, 9.17) is 9.84 Å². The van der Waals surface area contributed by atoms with Crippen LogP contribution in [0.2, 0.25) is 0 Å². The van der Waals surface area contributed by atoms with Crippen LogP contribution in [-0.2, 0) is 27.2 Å². The molecule has 0 aliphatic heterocycles. The molecule has 0 saturated heterocycles. The largest absolute Gasteiger partial charge is 0.508 e. The van der Waals surface area contributed by atoms with Crippen LogP contribution in [0, 0.1) is 5.41 Å². The second kappa shape index (κ2) is 11.8. The summed E-state index contributed by atoms with van der Waals surface area (Å²) in [6.45, 7) is 7.73. The van der Waals surface area contributed by atoms with Gasteiger partial charge in [-0.1, -0.05) is 19.3 Å². The Labute approximate surface area is 180 Å². The molecule has 0 bridgehead atoms. The molecule has 1 aromatic rings. The molecule has 30 heavy (non-hydrogen) atoms. The molecular weight excluding hydrogens is 384 g/mol. The van der Waals surface area contributed by atoms with Crippen molar-refractivity contribution in [2.75, 3.05) is 0 Å². The molecule has 6 nitrogen and oxygen atoms in total. The van der Waals surface area contributed by atoms with E-state index in [0.717, 1.165) is 56.1 Å². The number of aryl methyl sites for hydroxylation is 2. The Kier molecular flexibility index (Phi) is 10.2. The smallest absolute Gasteiger partial charge is 0.309 e. The molecule has 0 saturated carbocycles. The van der Waals surface area contributed by atoms with Gasteiger partial charge >= 0.3 is 5.97 Å². The molecule has 0 aromatic heterocycles. The average Bonchev–Trinajstić information content (AvgIpc) is 2.64. The summed E-state index contributed by atoms with van der Waals surface area (Å²) < 4.78 is 5.05. The van der Waals surface area contributed by atoms with Crippen LogP contribution in [0.3, 0.4) is 0 Å². The maximum atomic E-state index is 11.2. The third-order valence-electron chi connectivity index (χ3n) is 5.67. The summed E-state index contributed by atoms with van der Waals surface area (Å²) in [6, 6.07) is 3.23. The molecule has 0 unspecified atom stereocenters. The van der Waals surface area contributed by atoms with Gasteiger partial charge in [0.05, 0.1) is 5.41 Å². The Morgan fingerprint density at radius 2 is 1.40 bits per heavy atom. The standard InChI is InChI=1S/C24H38O6/c1-23(2,22(28)29)13-9-5-7-11-18-15-20(26)16-19(21(18)27)12-8-6-10-14-24(3,4)30-17-25/h15-17,26-27H,5-14H2,1-4H3,(H,28,29). The summed E-state index contributed by atoms with van der Waals surface area (Å²) in [5.41, 5.74) is 0.319. The van der Waals surface area contributed by atoms with Gasteiger partial charge in [0.2, 0.25) is 0 Å². The van der Waals surface area contributed by atoms with Crippen LogP contribution in [0.1, 0.15) is 90.2 Å². The number of carboxylic acid groups (broad SMARTS) is 1. The number of hydrogen-bond acceptors (Lipinski definition) is 5. The van der Waals surface area contributed by atoms with Gasteiger partial charge in [-0.05, 0) is 95.9 Å². The molecule has 6 heteroatoms. The fraction of sp³-hybridized carbons (Fsp3) is 0.667. The molecule has 0 heterocycles. The van der Waals surface area contributed by atoms with E-state index < -0.39 is 17.0 Å². The first kappa shape index (κ1) is 25.8. The Balaban J connectivity index is 2.47. The van der Waals surface area contributed by atoms with E-state index in [2.05, 4.69) is 0 Å². The molecule has 1 aromatic carbocycles. The summed E-state index contributed by atoms with van der Waals surface area (Å²) in [4.78, 5) is 21.6. The van der Waals surface area contributed by atoms with Crippen molar-refractivity contribution < 1.29 is 29.6 Å². The van der Waals surface area contributed by atoms with Gasteiger partial charge in [0.1, 0.15) is 17.1 Å². The Bertz CT molecular complexity index is 693. The van der Waals surface area contributed by atoms with Crippen LogP contribution < -0.4 is 0 Å². The van der Waals surface area contributed by atoms with Crippen molar-refractivity contribution in [1.29, 1.82) is 0 Å². The monoisotopic (exact) mass is 422 g/mol. The van der Waals surface area contributed by atoms with Gasteiger partial charge in [-0.25, -0.2) is 0 Å². The second-order valence-corrected chi connectivity index (χ2v) is 9.40. The SMILES string of the molecule is CC(C)(CCCCCc1cc(O)cc(CCCCCC(C)(C)C(=O)O)c1O)OC=O. The second-order valence-electron chi connectivity index (χ2n) is 9.40. The Hall–Kier alpha value is -2.24. The highest BCUT2D eigenvalue weighted by Crippen LogP contribution is 2.31. The molecular formula is C24H38O6. The maximum absolute atomic E-state index is 11.2. The number of carboxylic acids is 1. The third kappa shape index (κ3) is 9.06. The van der Waals surface area contributed by atoms with Gasteiger partial charge in [0.15, 0.2) is 0 Å². The van der Waals surface area contributed by atoms with Crippen LogP contribution in [0.5, 0.6) is 11.5 Å². The molecule has 0 radical (unpaired) electrons.